The summed E-state index contributed by atoms with van der Waals surface area (Å²) < 4.78 is 11.0. The maximum Gasteiger partial charge on any atom is 0.123 e. The largest absolute Gasteiger partial charge is 0.497 e. The Hall–Kier alpha value is -2.62. The number of hydrogen-bond acceptors (Lipinski definition) is 3. The van der Waals surface area contributed by atoms with Gasteiger partial charge < -0.3 is 20.2 Å². The van der Waals surface area contributed by atoms with Crippen molar-refractivity contribution >= 4 is 16.6 Å². The Balaban J connectivity index is 1.81. The number of fused-ring (bicyclic) bond motifs is 1. The van der Waals surface area contributed by atoms with Crippen LogP contribution < -0.4 is 15.2 Å². The molecule has 0 bridgehead atoms. The van der Waals surface area contributed by atoms with Crippen molar-refractivity contribution in [2.45, 2.75) is 6.61 Å². The van der Waals surface area contributed by atoms with Crippen molar-refractivity contribution in [2.75, 3.05) is 12.8 Å². The molecule has 3 N–H and O–H groups in total. The molecule has 4 nitrogen and oxygen atoms in total. The van der Waals surface area contributed by atoms with Crippen molar-refractivity contribution < 1.29 is 9.47 Å². The first-order chi connectivity index (χ1) is 9.78. The third-order valence-electron chi connectivity index (χ3n) is 3.27. The molecule has 1 aromatic heterocycles. The molecule has 0 radical (unpaired) electrons. The standard InChI is InChI=1S/C16H16N2O2/c1-19-12-4-2-5-13(8-12)20-10-11-9-18-16-14(11)6-3-7-15(16)17/h2-9,18H,10,17H2,1H3. The van der Waals surface area contributed by atoms with E-state index in [1.54, 1.807) is 7.11 Å². The lowest BCUT2D eigenvalue weighted by atomic mass is 10.1. The zero-order valence-corrected chi connectivity index (χ0v) is 11.2. The first-order valence-electron chi connectivity index (χ1n) is 6.39. The van der Waals surface area contributed by atoms with Crippen LogP contribution in [0.25, 0.3) is 10.9 Å². The van der Waals surface area contributed by atoms with E-state index in [1.165, 1.54) is 0 Å². The Kier molecular flexibility index (Phi) is 3.21. The van der Waals surface area contributed by atoms with Crippen LogP contribution in [0.5, 0.6) is 11.5 Å². The van der Waals surface area contributed by atoms with Crippen LogP contribution in [0, 0.1) is 0 Å². The van der Waals surface area contributed by atoms with Crippen molar-refractivity contribution in [3.63, 3.8) is 0 Å². The smallest absolute Gasteiger partial charge is 0.123 e. The van der Waals surface area contributed by atoms with Gasteiger partial charge in [0.25, 0.3) is 0 Å². The average molecular weight is 268 g/mol. The van der Waals surface area contributed by atoms with Crippen LogP contribution >= 0.6 is 0 Å². The van der Waals surface area contributed by atoms with Crippen molar-refractivity contribution in [1.82, 2.24) is 4.98 Å². The van der Waals surface area contributed by atoms with Gasteiger partial charge in [0, 0.05) is 23.2 Å². The molecule has 2 aromatic carbocycles. The Morgan fingerprint density at radius 1 is 1.10 bits per heavy atom. The van der Waals surface area contributed by atoms with Gasteiger partial charge >= 0.3 is 0 Å². The molecule has 0 fully saturated rings. The summed E-state index contributed by atoms with van der Waals surface area (Å²) in [6, 6.07) is 13.4. The molecule has 3 rings (SSSR count). The lowest BCUT2D eigenvalue weighted by Crippen LogP contribution is -1.95. The third-order valence-corrected chi connectivity index (χ3v) is 3.27. The normalized spacial score (nSPS) is 10.7. The maximum absolute atomic E-state index is 5.93. The summed E-state index contributed by atoms with van der Waals surface area (Å²) in [6.07, 6.45) is 1.93. The molecule has 0 saturated heterocycles. The van der Waals surface area contributed by atoms with Gasteiger partial charge in [-0.3, -0.25) is 0 Å². The summed E-state index contributed by atoms with van der Waals surface area (Å²) in [5.41, 5.74) is 8.71. The third kappa shape index (κ3) is 2.28. The van der Waals surface area contributed by atoms with Gasteiger partial charge in [-0.05, 0) is 18.2 Å². The summed E-state index contributed by atoms with van der Waals surface area (Å²) in [5.74, 6) is 1.56. The summed E-state index contributed by atoms with van der Waals surface area (Å²) in [5, 5.41) is 1.09. The molecule has 4 heteroatoms. The van der Waals surface area contributed by atoms with Crippen molar-refractivity contribution in [3.8, 4) is 11.5 Å². The number of methoxy groups -OCH3 is 1. The van der Waals surface area contributed by atoms with Crippen LogP contribution in [0.15, 0.2) is 48.7 Å². The molecule has 0 spiro atoms. The van der Waals surface area contributed by atoms with Gasteiger partial charge in [-0.1, -0.05) is 18.2 Å². The highest BCUT2D eigenvalue weighted by Gasteiger charge is 2.06. The van der Waals surface area contributed by atoms with E-state index in [0.29, 0.717) is 6.61 Å². The van der Waals surface area contributed by atoms with Gasteiger partial charge in [0.1, 0.15) is 18.1 Å². The minimum Gasteiger partial charge on any atom is -0.497 e. The van der Waals surface area contributed by atoms with Crippen molar-refractivity contribution in [2.24, 2.45) is 0 Å². The second-order valence-electron chi connectivity index (χ2n) is 4.55. The topological polar surface area (TPSA) is 60.3 Å². The molecule has 0 amide bonds. The SMILES string of the molecule is COc1cccc(OCc2c[nH]c3c(N)cccc23)c1. The number of benzene rings is 2. The van der Waals surface area contributed by atoms with Crippen LogP contribution in [-0.4, -0.2) is 12.1 Å². The predicted molar refractivity (Wildman–Crippen MR) is 80.0 cm³/mol. The van der Waals surface area contributed by atoms with E-state index < -0.39 is 0 Å². The highest BCUT2D eigenvalue weighted by atomic mass is 16.5. The number of nitrogens with two attached hydrogens (primary N) is 1. The second kappa shape index (κ2) is 5.17. The first-order valence-corrected chi connectivity index (χ1v) is 6.39. The van der Waals surface area contributed by atoms with E-state index >= 15 is 0 Å². The number of aromatic amines is 1. The molecule has 0 aliphatic rings. The van der Waals surface area contributed by atoms with Crippen LogP contribution in [0.1, 0.15) is 5.56 Å². The predicted octanol–water partition coefficient (Wildman–Crippen LogP) is 3.34. The number of para-hydroxylation sites is 1. The van der Waals surface area contributed by atoms with Crippen molar-refractivity contribution in [3.05, 3.63) is 54.2 Å². The molecule has 0 aliphatic carbocycles. The highest BCUT2D eigenvalue weighted by molar-refractivity contribution is 5.92. The number of rotatable bonds is 4. The number of anilines is 1. The number of H-pyrrole nitrogens is 1. The molecule has 0 atom stereocenters. The van der Waals surface area contributed by atoms with Crippen LogP contribution in [-0.2, 0) is 6.61 Å². The van der Waals surface area contributed by atoms with Crippen LogP contribution in [0.2, 0.25) is 0 Å². The zero-order chi connectivity index (χ0) is 13.9. The second-order valence-corrected chi connectivity index (χ2v) is 4.55. The maximum atomic E-state index is 5.93. The van der Waals surface area contributed by atoms with Crippen LogP contribution in [0.3, 0.4) is 0 Å². The van der Waals surface area contributed by atoms with Gasteiger partial charge in [0.05, 0.1) is 18.3 Å². The Bertz CT molecular complexity index is 734. The van der Waals surface area contributed by atoms with Gasteiger partial charge in [-0.2, -0.15) is 0 Å². The Morgan fingerprint density at radius 2 is 1.90 bits per heavy atom. The van der Waals surface area contributed by atoms with Gasteiger partial charge in [0.15, 0.2) is 0 Å². The van der Waals surface area contributed by atoms with Gasteiger partial charge in [-0.15, -0.1) is 0 Å². The monoisotopic (exact) mass is 268 g/mol. The number of aromatic nitrogens is 1. The van der Waals surface area contributed by atoms with E-state index in [1.807, 2.05) is 48.7 Å². The quantitative estimate of drug-likeness (QED) is 0.713. The van der Waals surface area contributed by atoms with Gasteiger partial charge in [-0.25, -0.2) is 0 Å². The van der Waals surface area contributed by atoms with Gasteiger partial charge in [0.2, 0.25) is 0 Å². The molecule has 0 saturated carbocycles. The number of ether oxygens (including phenoxy) is 2. The van der Waals surface area contributed by atoms with E-state index in [-0.39, 0.29) is 0 Å². The van der Waals surface area contributed by atoms with E-state index in [9.17, 15) is 0 Å². The zero-order valence-electron chi connectivity index (χ0n) is 11.2. The van der Waals surface area contributed by atoms with E-state index in [2.05, 4.69) is 4.98 Å². The van der Waals surface area contributed by atoms with E-state index in [0.717, 1.165) is 33.7 Å². The lowest BCUT2D eigenvalue weighted by molar-refractivity contribution is 0.305. The number of nitrogens with one attached hydrogen (secondary N) is 1. The average Bonchev–Trinajstić information content (AvgIpc) is 2.90. The van der Waals surface area contributed by atoms with Crippen LogP contribution in [0.4, 0.5) is 5.69 Å². The molecule has 0 unspecified atom stereocenters. The lowest BCUT2D eigenvalue weighted by Gasteiger charge is -2.07. The Morgan fingerprint density at radius 3 is 2.75 bits per heavy atom. The number of nitrogen functional groups attached to an aromatic ring is 1. The fraction of sp³-hybridized carbons (Fsp3) is 0.125. The number of hydrogen-bond donors (Lipinski definition) is 2. The Labute approximate surface area is 117 Å². The summed E-state index contributed by atoms with van der Waals surface area (Å²) >= 11 is 0. The molecular weight excluding hydrogens is 252 g/mol. The minimum atomic E-state index is 0.483. The fourth-order valence-electron chi connectivity index (χ4n) is 2.21. The molecule has 3 aromatic rings. The molecular formula is C16H16N2O2. The molecule has 1 heterocycles. The van der Waals surface area contributed by atoms with E-state index in [4.69, 9.17) is 15.2 Å². The fourth-order valence-corrected chi connectivity index (χ4v) is 2.21. The molecule has 0 aliphatic heterocycles. The molecule has 20 heavy (non-hydrogen) atoms. The summed E-state index contributed by atoms with van der Waals surface area (Å²) in [6.45, 7) is 0.483. The summed E-state index contributed by atoms with van der Waals surface area (Å²) in [4.78, 5) is 3.19. The highest BCUT2D eigenvalue weighted by Crippen LogP contribution is 2.25. The minimum absolute atomic E-state index is 0.483. The first kappa shape index (κ1) is 12.4. The van der Waals surface area contributed by atoms with Crippen molar-refractivity contribution in [1.29, 1.82) is 0 Å². The molecule has 102 valence electrons. The summed E-state index contributed by atoms with van der Waals surface area (Å²) in [7, 11) is 1.64.